The molecule has 0 spiro atoms. The molecule has 0 aromatic carbocycles. The van der Waals surface area contributed by atoms with Crippen LogP contribution in [-0.4, -0.2) is 13.7 Å². The molecule has 4 heteroatoms. The highest BCUT2D eigenvalue weighted by atomic mass is 35.7. The summed E-state index contributed by atoms with van der Waals surface area (Å²) in [7, 11) is 1.79. The molecule has 62 valence electrons. The average molecular weight is 185 g/mol. The van der Waals surface area contributed by atoms with Crippen LogP contribution in [0.15, 0.2) is 0 Å². The Morgan fingerprint density at radius 3 is 2.30 bits per heavy atom. The van der Waals surface area contributed by atoms with Gasteiger partial charge in [0.25, 0.3) is 0 Å². The van der Waals surface area contributed by atoms with Gasteiger partial charge in [-0.05, 0) is 13.3 Å². The van der Waals surface area contributed by atoms with Crippen LogP contribution in [0.2, 0.25) is 0 Å². The SMILES string of the molecule is CCCCC(C)S(=O)(=O)Cl. The highest BCUT2D eigenvalue weighted by Crippen LogP contribution is 2.12. The third kappa shape index (κ3) is 4.12. The standard InChI is InChI=1S/C6H13ClO2S/c1-3-4-5-6(2)10(7,8)9/h6H,3-5H2,1-2H3. The molecule has 0 radical (unpaired) electrons. The molecule has 0 fully saturated rings. The van der Waals surface area contributed by atoms with Crippen LogP contribution in [0.25, 0.3) is 0 Å². The lowest BCUT2D eigenvalue weighted by molar-refractivity contribution is 0.585. The minimum atomic E-state index is -3.30. The molecule has 0 saturated heterocycles. The summed E-state index contributed by atoms with van der Waals surface area (Å²) in [6.45, 7) is 3.66. The first-order chi connectivity index (χ1) is 4.48. The zero-order valence-corrected chi connectivity index (χ0v) is 7.87. The molecule has 0 N–H and O–H groups in total. The smallest absolute Gasteiger partial charge is 0.212 e. The fourth-order valence-electron chi connectivity index (χ4n) is 0.632. The van der Waals surface area contributed by atoms with Crippen LogP contribution in [0.3, 0.4) is 0 Å². The molecular weight excluding hydrogens is 172 g/mol. The molecule has 0 saturated carbocycles. The third-order valence-electron chi connectivity index (χ3n) is 1.44. The van der Waals surface area contributed by atoms with Crippen LogP contribution in [0.4, 0.5) is 0 Å². The van der Waals surface area contributed by atoms with Crippen molar-refractivity contribution in [3.8, 4) is 0 Å². The molecule has 0 aromatic heterocycles. The molecule has 10 heavy (non-hydrogen) atoms. The number of rotatable bonds is 4. The van der Waals surface area contributed by atoms with Crippen LogP contribution < -0.4 is 0 Å². The molecular formula is C6H13ClO2S. The van der Waals surface area contributed by atoms with E-state index in [9.17, 15) is 8.42 Å². The summed E-state index contributed by atoms with van der Waals surface area (Å²) in [5, 5.41) is -0.394. The monoisotopic (exact) mass is 184 g/mol. The topological polar surface area (TPSA) is 34.1 Å². The van der Waals surface area contributed by atoms with Gasteiger partial charge in [-0.3, -0.25) is 0 Å². The van der Waals surface area contributed by atoms with Crippen molar-refractivity contribution in [1.82, 2.24) is 0 Å². The van der Waals surface area contributed by atoms with E-state index < -0.39 is 14.3 Å². The second-order valence-corrected chi connectivity index (χ2v) is 5.47. The van der Waals surface area contributed by atoms with E-state index in [4.69, 9.17) is 10.7 Å². The van der Waals surface area contributed by atoms with Crippen LogP contribution in [-0.2, 0) is 9.05 Å². The van der Waals surface area contributed by atoms with Crippen molar-refractivity contribution in [2.45, 2.75) is 38.4 Å². The van der Waals surface area contributed by atoms with Crippen LogP contribution in [0.5, 0.6) is 0 Å². The summed E-state index contributed by atoms with van der Waals surface area (Å²) in [6, 6.07) is 0. The van der Waals surface area contributed by atoms with Crippen LogP contribution >= 0.6 is 10.7 Å². The third-order valence-corrected chi connectivity index (χ3v) is 3.55. The molecule has 0 rings (SSSR count). The molecule has 0 aliphatic heterocycles. The fourth-order valence-corrected chi connectivity index (χ4v) is 1.35. The van der Waals surface area contributed by atoms with E-state index in [1.54, 1.807) is 6.92 Å². The maximum absolute atomic E-state index is 10.6. The lowest BCUT2D eigenvalue weighted by Gasteiger charge is -2.04. The van der Waals surface area contributed by atoms with Crippen molar-refractivity contribution in [3.05, 3.63) is 0 Å². The minimum absolute atomic E-state index is 0.394. The summed E-state index contributed by atoms with van der Waals surface area (Å²) in [5.41, 5.74) is 0. The lowest BCUT2D eigenvalue weighted by atomic mass is 10.2. The summed E-state index contributed by atoms with van der Waals surface area (Å²) in [6.07, 6.45) is 2.60. The molecule has 1 atom stereocenters. The van der Waals surface area contributed by atoms with Crippen molar-refractivity contribution in [1.29, 1.82) is 0 Å². The number of halogens is 1. The van der Waals surface area contributed by atoms with Crippen molar-refractivity contribution < 1.29 is 8.42 Å². The Hall–Kier alpha value is 0.240. The summed E-state index contributed by atoms with van der Waals surface area (Å²) in [5.74, 6) is 0. The second-order valence-electron chi connectivity index (χ2n) is 2.43. The van der Waals surface area contributed by atoms with Gasteiger partial charge in [-0.2, -0.15) is 0 Å². The van der Waals surface area contributed by atoms with Gasteiger partial charge in [-0.25, -0.2) is 8.42 Å². The van der Waals surface area contributed by atoms with E-state index in [2.05, 4.69) is 0 Å². The van der Waals surface area contributed by atoms with Crippen LogP contribution in [0.1, 0.15) is 33.1 Å². The highest BCUT2D eigenvalue weighted by Gasteiger charge is 2.15. The van der Waals surface area contributed by atoms with E-state index in [0.717, 1.165) is 12.8 Å². The summed E-state index contributed by atoms with van der Waals surface area (Å²) < 4.78 is 21.2. The van der Waals surface area contributed by atoms with Crippen molar-refractivity contribution in [2.24, 2.45) is 0 Å². The summed E-state index contributed by atoms with van der Waals surface area (Å²) >= 11 is 0. The maximum atomic E-state index is 10.6. The van der Waals surface area contributed by atoms with E-state index in [1.807, 2.05) is 6.92 Å². The first-order valence-corrected chi connectivity index (χ1v) is 5.79. The lowest BCUT2D eigenvalue weighted by Crippen LogP contribution is -2.10. The molecule has 0 amide bonds. The predicted molar refractivity (Wildman–Crippen MR) is 43.8 cm³/mol. The van der Waals surface area contributed by atoms with Crippen molar-refractivity contribution in [2.75, 3.05) is 0 Å². The highest BCUT2D eigenvalue weighted by molar-refractivity contribution is 8.14. The Bertz CT molecular complexity index is 174. The minimum Gasteiger partial charge on any atom is -0.212 e. The predicted octanol–water partition coefficient (Wildman–Crippen LogP) is 2.13. The number of hydrogen-bond donors (Lipinski definition) is 0. The van der Waals surface area contributed by atoms with Gasteiger partial charge in [-0.15, -0.1) is 0 Å². The van der Waals surface area contributed by atoms with E-state index in [1.165, 1.54) is 0 Å². The normalized spacial score (nSPS) is 15.1. The Labute approximate surface area is 67.0 Å². The van der Waals surface area contributed by atoms with Crippen molar-refractivity contribution >= 4 is 19.7 Å². The number of hydrogen-bond acceptors (Lipinski definition) is 2. The Balaban J connectivity index is 3.75. The molecule has 2 nitrogen and oxygen atoms in total. The zero-order chi connectivity index (χ0) is 8.20. The van der Waals surface area contributed by atoms with Gasteiger partial charge in [0.2, 0.25) is 9.05 Å². The fraction of sp³-hybridized carbons (Fsp3) is 1.00. The van der Waals surface area contributed by atoms with Gasteiger partial charge < -0.3 is 0 Å². The van der Waals surface area contributed by atoms with E-state index in [0.29, 0.717) is 6.42 Å². The Kier molecular flexibility index (Phi) is 4.29. The van der Waals surface area contributed by atoms with E-state index >= 15 is 0 Å². The van der Waals surface area contributed by atoms with Gasteiger partial charge in [0, 0.05) is 10.7 Å². The molecule has 0 heterocycles. The second kappa shape index (κ2) is 4.19. The van der Waals surface area contributed by atoms with Crippen molar-refractivity contribution in [3.63, 3.8) is 0 Å². The van der Waals surface area contributed by atoms with Gasteiger partial charge >= 0.3 is 0 Å². The zero-order valence-electron chi connectivity index (χ0n) is 6.30. The molecule has 0 aliphatic carbocycles. The Morgan fingerprint density at radius 1 is 1.50 bits per heavy atom. The first-order valence-electron chi connectivity index (χ1n) is 3.42. The van der Waals surface area contributed by atoms with E-state index in [-0.39, 0.29) is 0 Å². The Morgan fingerprint density at radius 2 is 2.00 bits per heavy atom. The maximum Gasteiger partial charge on any atom is 0.235 e. The van der Waals surface area contributed by atoms with Gasteiger partial charge in [0.15, 0.2) is 0 Å². The van der Waals surface area contributed by atoms with Gasteiger partial charge in [-0.1, -0.05) is 19.8 Å². The van der Waals surface area contributed by atoms with Gasteiger partial charge in [0.05, 0.1) is 5.25 Å². The first kappa shape index (κ1) is 10.2. The largest absolute Gasteiger partial charge is 0.235 e. The van der Waals surface area contributed by atoms with Gasteiger partial charge in [0.1, 0.15) is 0 Å². The summed E-state index contributed by atoms with van der Waals surface area (Å²) in [4.78, 5) is 0. The molecule has 1 unspecified atom stereocenters. The quantitative estimate of drug-likeness (QED) is 0.628. The average Bonchev–Trinajstić information content (AvgIpc) is 1.80. The van der Waals surface area contributed by atoms with Crippen LogP contribution in [0, 0.1) is 0 Å². The number of unbranched alkanes of at least 4 members (excludes halogenated alkanes) is 1. The molecule has 0 aromatic rings. The molecule has 0 bridgehead atoms. The molecule has 0 aliphatic rings.